The summed E-state index contributed by atoms with van der Waals surface area (Å²) in [6, 6.07) is 18.5. The number of amidine groups is 1. The van der Waals surface area contributed by atoms with Gasteiger partial charge in [0.05, 0.1) is 49.3 Å². The maximum atomic E-state index is 13.9. The number of amides is 1. The zero-order chi connectivity index (χ0) is 28.4. The lowest BCUT2D eigenvalue weighted by Gasteiger charge is -2.37. The Kier molecular flexibility index (Phi) is 7.47. The van der Waals surface area contributed by atoms with E-state index in [0.29, 0.717) is 44.9 Å². The molecule has 40 heavy (non-hydrogen) atoms. The molecule has 0 spiro atoms. The van der Waals surface area contributed by atoms with Crippen LogP contribution in [-0.4, -0.2) is 42.2 Å². The van der Waals surface area contributed by atoms with E-state index in [0.717, 1.165) is 11.3 Å². The van der Waals surface area contributed by atoms with Crippen LogP contribution in [0.3, 0.4) is 0 Å². The minimum atomic E-state index is -0.638. The van der Waals surface area contributed by atoms with Crippen molar-refractivity contribution in [1.29, 1.82) is 0 Å². The summed E-state index contributed by atoms with van der Waals surface area (Å²) in [6.45, 7) is 1.81. The van der Waals surface area contributed by atoms with Crippen molar-refractivity contribution in [2.24, 2.45) is 4.99 Å². The predicted molar refractivity (Wildman–Crippen MR) is 155 cm³/mol. The summed E-state index contributed by atoms with van der Waals surface area (Å²) >= 11 is 1.41. The van der Waals surface area contributed by atoms with Crippen molar-refractivity contribution in [2.45, 2.75) is 13.0 Å². The highest BCUT2D eigenvalue weighted by Gasteiger charge is 2.41. The zero-order valence-corrected chi connectivity index (χ0v) is 23.0. The Morgan fingerprint density at radius 1 is 1.00 bits per heavy atom. The molecule has 0 aliphatic carbocycles. The Labute approximate surface area is 235 Å². The number of nitro benzene ring substituents is 1. The van der Waals surface area contributed by atoms with E-state index in [1.54, 1.807) is 19.1 Å². The number of non-ortho nitro benzene ring substituents is 1. The number of benzene rings is 3. The molecule has 204 valence electrons. The molecule has 2 aliphatic heterocycles. The predicted octanol–water partition coefficient (Wildman–Crippen LogP) is 5.99. The van der Waals surface area contributed by atoms with Gasteiger partial charge in [-0.2, -0.15) is 0 Å². The fraction of sp³-hybridized carbons (Fsp3) is 0.172. The maximum absolute atomic E-state index is 13.9. The van der Waals surface area contributed by atoms with Crippen molar-refractivity contribution in [2.75, 3.05) is 26.6 Å². The van der Waals surface area contributed by atoms with Gasteiger partial charge in [0.15, 0.2) is 16.7 Å². The van der Waals surface area contributed by atoms with Crippen molar-refractivity contribution in [3.05, 3.63) is 105 Å². The number of nitro groups is 1. The van der Waals surface area contributed by atoms with Gasteiger partial charge in [-0.05, 0) is 54.4 Å². The van der Waals surface area contributed by atoms with Crippen LogP contribution in [0.2, 0.25) is 0 Å². The van der Waals surface area contributed by atoms with Gasteiger partial charge in [0.1, 0.15) is 0 Å². The molecular weight excluding hydrogens is 532 g/mol. The van der Waals surface area contributed by atoms with E-state index in [2.05, 4.69) is 5.32 Å². The van der Waals surface area contributed by atoms with E-state index in [1.807, 2.05) is 52.8 Å². The quantitative estimate of drug-likeness (QED) is 0.265. The first-order chi connectivity index (χ1) is 19.4. The summed E-state index contributed by atoms with van der Waals surface area (Å²) < 4.78 is 16.8. The van der Waals surface area contributed by atoms with Gasteiger partial charge in [-0.15, -0.1) is 0 Å². The number of nitrogens with zero attached hydrogens (tertiary/aromatic N) is 3. The minimum absolute atomic E-state index is 0.0117. The second-order valence-electron chi connectivity index (χ2n) is 8.87. The van der Waals surface area contributed by atoms with E-state index in [1.165, 1.54) is 45.2 Å². The second kappa shape index (κ2) is 11.1. The van der Waals surface area contributed by atoms with Gasteiger partial charge in [-0.1, -0.05) is 30.0 Å². The Balaban J connectivity index is 1.67. The number of nitrogens with one attached hydrogen (secondary N) is 1. The Morgan fingerprint density at radius 3 is 2.23 bits per heavy atom. The van der Waals surface area contributed by atoms with Crippen LogP contribution in [-0.2, 0) is 4.79 Å². The van der Waals surface area contributed by atoms with Crippen molar-refractivity contribution < 1.29 is 23.9 Å². The number of rotatable bonds is 8. The highest BCUT2D eigenvalue weighted by Crippen LogP contribution is 2.49. The Bertz CT molecular complexity index is 1540. The van der Waals surface area contributed by atoms with Gasteiger partial charge in [0.25, 0.3) is 11.6 Å². The lowest BCUT2D eigenvalue weighted by atomic mass is 9.92. The molecule has 1 N–H and O–H groups in total. The van der Waals surface area contributed by atoms with Gasteiger partial charge >= 0.3 is 0 Å². The highest BCUT2D eigenvalue weighted by molar-refractivity contribution is 8.16. The van der Waals surface area contributed by atoms with Crippen LogP contribution >= 0.6 is 11.8 Å². The van der Waals surface area contributed by atoms with Gasteiger partial charge in [0.2, 0.25) is 5.75 Å². The molecule has 10 nitrogen and oxygen atoms in total. The molecule has 0 fully saturated rings. The average Bonchev–Trinajstić information content (AvgIpc) is 3.39. The van der Waals surface area contributed by atoms with Crippen LogP contribution in [0.4, 0.5) is 11.4 Å². The third-order valence-electron chi connectivity index (χ3n) is 6.58. The molecule has 11 heteroatoms. The van der Waals surface area contributed by atoms with Crippen molar-refractivity contribution >= 4 is 39.9 Å². The van der Waals surface area contributed by atoms with E-state index < -0.39 is 11.0 Å². The first-order valence-corrected chi connectivity index (χ1v) is 13.1. The molecule has 3 aromatic carbocycles. The van der Waals surface area contributed by atoms with Gasteiger partial charge in [-0.3, -0.25) is 14.9 Å². The monoisotopic (exact) mass is 558 g/mol. The lowest BCUT2D eigenvalue weighted by Crippen LogP contribution is -2.37. The number of ether oxygens (including phenoxy) is 3. The summed E-state index contributed by atoms with van der Waals surface area (Å²) in [6.07, 6.45) is 0. The van der Waals surface area contributed by atoms with Crippen molar-refractivity contribution in [3.63, 3.8) is 0 Å². The fourth-order valence-corrected chi connectivity index (χ4v) is 5.70. The van der Waals surface area contributed by atoms with Crippen LogP contribution < -0.4 is 19.5 Å². The number of methoxy groups -OCH3 is 3. The molecule has 0 unspecified atom stereocenters. The number of anilines is 1. The van der Waals surface area contributed by atoms with Crippen LogP contribution in [0.5, 0.6) is 17.2 Å². The standard InChI is InChI=1S/C29H26N4O6S/c1-17-25(28(34)31-20-8-6-5-7-9-20)26(19-14-23(37-2)27(39-4)24(15-19)38-3)32-22(16-40-29(32)30-17)18-10-12-21(13-11-18)33(35)36/h5-16,26H,1-4H3,(H,31,34)/t26-/m0/s1. The topological polar surface area (TPSA) is 116 Å². The summed E-state index contributed by atoms with van der Waals surface area (Å²) in [4.78, 5) is 31.4. The number of allylic oxidation sites excluding steroid dienone is 1. The van der Waals surface area contributed by atoms with E-state index >= 15 is 0 Å². The van der Waals surface area contributed by atoms with E-state index in [9.17, 15) is 14.9 Å². The van der Waals surface area contributed by atoms with Crippen molar-refractivity contribution in [3.8, 4) is 17.2 Å². The largest absolute Gasteiger partial charge is 0.493 e. The average molecular weight is 559 g/mol. The number of para-hydroxylation sites is 1. The van der Waals surface area contributed by atoms with Crippen LogP contribution in [0.25, 0.3) is 5.70 Å². The first-order valence-electron chi connectivity index (χ1n) is 12.2. The Hall–Kier alpha value is -4.77. The zero-order valence-electron chi connectivity index (χ0n) is 22.2. The number of aliphatic imine (C=N–C) groups is 1. The molecule has 5 rings (SSSR count). The maximum Gasteiger partial charge on any atom is 0.269 e. The summed E-state index contributed by atoms with van der Waals surface area (Å²) in [5, 5.41) is 16.8. The highest BCUT2D eigenvalue weighted by atomic mass is 32.2. The molecule has 1 atom stereocenters. The summed E-state index contributed by atoms with van der Waals surface area (Å²) in [7, 11) is 4.60. The van der Waals surface area contributed by atoms with Crippen LogP contribution in [0.15, 0.2) is 88.4 Å². The summed E-state index contributed by atoms with van der Waals surface area (Å²) in [5.41, 5.74) is 3.81. The molecule has 0 bridgehead atoms. The number of carbonyl (C=O) groups excluding carboxylic acids is 1. The molecule has 1 amide bonds. The van der Waals surface area contributed by atoms with Crippen LogP contribution in [0, 0.1) is 10.1 Å². The van der Waals surface area contributed by atoms with E-state index in [4.69, 9.17) is 19.2 Å². The van der Waals surface area contributed by atoms with Gasteiger partial charge < -0.3 is 24.4 Å². The number of fused-ring (bicyclic) bond motifs is 1. The molecule has 0 saturated carbocycles. The fourth-order valence-electron chi connectivity index (χ4n) is 4.73. The lowest BCUT2D eigenvalue weighted by molar-refractivity contribution is -0.384. The second-order valence-corrected chi connectivity index (χ2v) is 9.71. The number of hydrogen-bond donors (Lipinski definition) is 1. The molecule has 0 aromatic heterocycles. The van der Waals surface area contributed by atoms with E-state index in [-0.39, 0.29) is 11.6 Å². The van der Waals surface area contributed by atoms with Gasteiger partial charge in [-0.25, -0.2) is 4.99 Å². The van der Waals surface area contributed by atoms with Gasteiger partial charge in [0, 0.05) is 23.2 Å². The molecule has 0 radical (unpaired) electrons. The number of hydrogen-bond acceptors (Lipinski definition) is 9. The molecule has 3 aromatic rings. The minimum Gasteiger partial charge on any atom is -0.493 e. The SMILES string of the molecule is COc1cc([C@H]2C(C(=O)Nc3ccccc3)=C(C)N=C3SC=C(c4ccc([N+](=O)[O-])cc4)N32)cc(OC)c1OC. The third kappa shape index (κ3) is 4.87. The molecule has 2 aliphatic rings. The molecule has 0 saturated heterocycles. The Morgan fingerprint density at radius 2 is 1.65 bits per heavy atom. The first kappa shape index (κ1) is 26.8. The molecule has 2 heterocycles. The normalized spacial score (nSPS) is 16.1. The smallest absolute Gasteiger partial charge is 0.269 e. The third-order valence-corrected chi connectivity index (χ3v) is 7.42. The number of thioether (sulfide) groups is 1. The number of carbonyl (C=O) groups is 1. The van der Waals surface area contributed by atoms with Crippen LogP contribution in [0.1, 0.15) is 24.1 Å². The summed E-state index contributed by atoms with van der Waals surface area (Å²) in [5.74, 6) is 0.991. The van der Waals surface area contributed by atoms with Crippen molar-refractivity contribution in [1.82, 2.24) is 4.90 Å². The molecular formula is C29H26N4O6S.